The van der Waals surface area contributed by atoms with Crippen molar-refractivity contribution in [3.63, 3.8) is 0 Å². The molecule has 0 saturated heterocycles. The lowest BCUT2D eigenvalue weighted by atomic mass is 10.1. The van der Waals surface area contributed by atoms with Gasteiger partial charge in [-0.05, 0) is 35.2 Å². The summed E-state index contributed by atoms with van der Waals surface area (Å²) < 4.78 is 5.22. The van der Waals surface area contributed by atoms with Crippen molar-refractivity contribution >= 4 is 35.5 Å². The van der Waals surface area contributed by atoms with Gasteiger partial charge in [0.15, 0.2) is 5.70 Å². The van der Waals surface area contributed by atoms with Crippen molar-refractivity contribution in [1.29, 1.82) is 0 Å². The first-order valence-corrected chi connectivity index (χ1v) is 7.23. The highest BCUT2D eigenvalue weighted by Crippen LogP contribution is 2.21. The Labute approximate surface area is 126 Å². The molecular formula is C16H12N2O2S. The van der Waals surface area contributed by atoms with Crippen LogP contribution in [-0.4, -0.2) is 25.1 Å². The van der Waals surface area contributed by atoms with Crippen LogP contribution in [0.25, 0.3) is 6.08 Å². The van der Waals surface area contributed by atoms with E-state index >= 15 is 0 Å². The van der Waals surface area contributed by atoms with E-state index in [4.69, 9.17) is 4.74 Å². The normalized spacial score (nSPS) is 16.5. The van der Waals surface area contributed by atoms with Crippen LogP contribution in [0.15, 0.2) is 57.5 Å². The quantitative estimate of drug-likeness (QED) is 0.496. The first-order chi connectivity index (χ1) is 10.3. The summed E-state index contributed by atoms with van der Waals surface area (Å²) >= 11 is 1.55. The van der Waals surface area contributed by atoms with E-state index in [-0.39, 0.29) is 0 Å². The number of esters is 1. The van der Waals surface area contributed by atoms with Gasteiger partial charge in [-0.2, -0.15) is 0 Å². The molecule has 2 aromatic rings. The van der Waals surface area contributed by atoms with E-state index in [1.165, 1.54) is 0 Å². The molecule has 0 bridgehead atoms. The van der Waals surface area contributed by atoms with Gasteiger partial charge in [0.25, 0.3) is 0 Å². The molecule has 0 saturated carbocycles. The van der Waals surface area contributed by atoms with Crippen LogP contribution < -0.4 is 0 Å². The van der Waals surface area contributed by atoms with Crippen LogP contribution in [0.5, 0.6) is 0 Å². The molecule has 0 aliphatic carbocycles. The Morgan fingerprint density at radius 2 is 2.05 bits per heavy atom. The standard InChI is InChI=1S/C16H12N2O2S/c1-17-10-11-4-6-12(7-5-11)15-18-14(16(19)20-15)9-13-3-2-8-21-13/h2-10H,1H3/b14-9+,17-10?. The molecule has 2 heterocycles. The number of ether oxygens (including phenoxy) is 1. The predicted octanol–water partition coefficient (Wildman–Crippen LogP) is 3.14. The summed E-state index contributed by atoms with van der Waals surface area (Å²) in [6.45, 7) is 0. The summed E-state index contributed by atoms with van der Waals surface area (Å²) in [6, 6.07) is 11.4. The number of benzene rings is 1. The Morgan fingerprint density at radius 1 is 1.24 bits per heavy atom. The summed E-state index contributed by atoms with van der Waals surface area (Å²) in [5.41, 5.74) is 2.08. The molecule has 1 aromatic carbocycles. The van der Waals surface area contributed by atoms with Gasteiger partial charge in [0.05, 0.1) is 0 Å². The van der Waals surface area contributed by atoms with E-state index in [0.29, 0.717) is 11.6 Å². The molecule has 4 nitrogen and oxygen atoms in total. The maximum atomic E-state index is 11.8. The zero-order valence-electron chi connectivity index (χ0n) is 11.3. The summed E-state index contributed by atoms with van der Waals surface area (Å²) in [5.74, 6) is -0.0830. The van der Waals surface area contributed by atoms with Gasteiger partial charge in [-0.25, -0.2) is 9.79 Å². The van der Waals surface area contributed by atoms with Gasteiger partial charge in [0.1, 0.15) is 0 Å². The second-order valence-electron chi connectivity index (χ2n) is 4.36. The maximum absolute atomic E-state index is 11.8. The van der Waals surface area contributed by atoms with E-state index < -0.39 is 5.97 Å². The maximum Gasteiger partial charge on any atom is 0.363 e. The van der Waals surface area contributed by atoms with Crippen molar-refractivity contribution in [3.05, 3.63) is 63.5 Å². The zero-order chi connectivity index (χ0) is 14.7. The van der Waals surface area contributed by atoms with Gasteiger partial charge in [-0.1, -0.05) is 18.2 Å². The lowest BCUT2D eigenvalue weighted by Gasteiger charge is -1.99. The van der Waals surface area contributed by atoms with Crippen molar-refractivity contribution in [3.8, 4) is 0 Å². The third-order valence-electron chi connectivity index (χ3n) is 2.88. The number of cyclic esters (lactones) is 1. The second-order valence-corrected chi connectivity index (χ2v) is 5.34. The first-order valence-electron chi connectivity index (χ1n) is 6.35. The highest BCUT2D eigenvalue weighted by Gasteiger charge is 2.24. The predicted molar refractivity (Wildman–Crippen MR) is 84.9 cm³/mol. The van der Waals surface area contributed by atoms with Crippen molar-refractivity contribution < 1.29 is 9.53 Å². The molecule has 3 rings (SSSR count). The lowest BCUT2D eigenvalue weighted by Crippen LogP contribution is -2.05. The molecule has 104 valence electrons. The van der Waals surface area contributed by atoms with E-state index in [2.05, 4.69) is 9.98 Å². The summed E-state index contributed by atoms with van der Waals surface area (Å²) in [5, 5.41) is 1.95. The Balaban J connectivity index is 1.88. The molecule has 0 fully saturated rings. The number of hydrogen-bond donors (Lipinski definition) is 0. The average Bonchev–Trinajstić information content (AvgIpc) is 3.11. The number of carbonyl (C=O) groups is 1. The summed E-state index contributed by atoms with van der Waals surface area (Å²) in [6.07, 6.45) is 3.49. The zero-order valence-corrected chi connectivity index (χ0v) is 12.1. The fourth-order valence-electron chi connectivity index (χ4n) is 1.90. The minimum absolute atomic E-state index is 0.326. The molecule has 0 unspecified atom stereocenters. The van der Waals surface area contributed by atoms with E-state index in [1.54, 1.807) is 30.7 Å². The fraction of sp³-hybridized carbons (Fsp3) is 0.0625. The Kier molecular flexibility index (Phi) is 3.75. The third kappa shape index (κ3) is 2.98. The molecule has 1 aliphatic heterocycles. The number of hydrogen-bond acceptors (Lipinski definition) is 5. The Morgan fingerprint density at radius 3 is 2.71 bits per heavy atom. The number of carbonyl (C=O) groups excluding carboxylic acids is 1. The molecule has 1 aliphatic rings. The fourth-order valence-corrected chi connectivity index (χ4v) is 2.55. The van der Waals surface area contributed by atoms with Gasteiger partial charge < -0.3 is 4.74 Å². The van der Waals surface area contributed by atoms with Gasteiger partial charge >= 0.3 is 5.97 Å². The number of nitrogens with zero attached hydrogens (tertiary/aromatic N) is 2. The SMILES string of the molecule is CN=Cc1ccc(C2=N/C(=C/c3cccs3)C(=O)O2)cc1. The van der Waals surface area contributed by atoms with Gasteiger partial charge in [0, 0.05) is 23.7 Å². The molecule has 0 amide bonds. The van der Waals surface area contributed by atoms with E-state index in [9.17, 15) is 4.79 Å². The third-order valence-corrected chi connectivity index (χ3v) is 3.70. The van der Waals surface area contributed by atoms with Crippen molar-refractivity contribution in [2.75, 3.05) is 7.05 Å². The molecule has 21 heavy (non-hydrogen) atoms. The molecule has 0 spiro atoms. The highest BCUT2D eigenvalue weighted by atomic mass is 32.1. The summed E-state index contributed by atoms with van der Waals surface area (Å²) in [7, 11) is 1.72. The monoisotopic (exact) mass is 296 g/mol. The van der Waals surface area contributed by atoms with E-state index in [1.807, 2.05) is 41.8 Å². The molecule has 5 heteroatoms. The smallest absolute Gasteiger partial charge is 0.363 e. The second kappa shape index (κ2) is 5.85. The topological polar surface area (TPSA) is 51.0 Å². The van der Waals surface area contributed by atoms with Crippen LogP contribution in [0.1, 0.15) is 16.0 Å². The Bertz CT molecular complexity index is 741. The van der Waals surface area contributed by atoms with Gasteiger partial charge in [0.2, 0.25) is 5.90 Å². The minimum atomic E-state index is -0.419. The molecule has 0 atom stereocenters. The van der Waals surface area contributed by atoms with Crippen molar-refractivity contribution in [1.82, 2.24) is 0 Å². The lowest BCUT2D eigenvalue weighted by molar-refractivity contribution is -0.129. The molecule has 0 N–H and O–H groups in total. The highest BCUT2D eigenvalue weighted by molar-refractivity contribution is 7.10. The molecule has 1 aromatic heterocycles. The minimum Gasteiger partial charge on any atom is -0.402 e. The largest absolute Gasteiger partial charge is 0.402 e. The van der Waals surface area contributed by atoms with Crippen LogP contribution >= 0.6 is 11.3 Å². The van der Waals surface area contributed by atoms with Crippen LogP contribution in [0.2, 0.25) is 0 Å². The number of rotatable bonds is 3. The van der Waals surface area contributed by atoms with Crippen molar-refractivity contribution in [2.45, 2.75) is 0 Å². The molecule has 0 radical (unpaired) electrons. The number of thiophene rings is 1. The van der Waals surface area contributed by atoms with Crippen LogP contribution in [-0.2, 0) is 9.53 Å². The number of aliphatic imine (C=N–C) groups is 2. The Hall–Kier alpha value is -2.53. The summed E-state index contributed by atoms with van der Waals surface area (Å²) in [4.78, 5) is 21.0. The van der Waals surface area contributed by atoms with Gasteiger partial charge in [-0.15, -0.1) is 11.3 Å². The molecular weight excluding hydrogens is 284 g/mol. The van der Waals surface area contributed by atoms with E-state index in [0.717, 1.165) is 16.0 Å². The van der Waals surface area contributed by atoms with Crippen molar-refractivity contribution in [2.24, 2.45) is 9.98 Å². The first kappa shape index (κ1) is 13.5. The van der Waals surface area contributed by atoms with Crippen LogP contribution in [0.3, 0.4) is 0 Å². The average molecular weight is 296 g/mol. The van der Waals surface area contributed by atoms with Gasteiger partial charge in [-0.3, -0.25) is 4.99 Å². The van der Waals surface area contributed by atoms with Crippen LogP contribution in [0, 0.1) is 0 Å². The van der Waals surface area contributed by atoms with Crippen LogP contribution in [0.4, 0.5) is 0 Å².